The molecule has 0 spiro atoms. The molecule has 0 fully saturated rings. The van der Waals surface area contributed by atoms with Crippen LogP contribution in [0.4, 0.5) is 0 Å². The third-order valence-electron chi connectivity index (χ3n) is 0.494. The Labute approximate surface area is 52.3 Å². The Hall–Kier alpha value is -0.600. The van der Waals surface area contributed by atoms with Gasteiger partial charge < -0.3 is 10.00 Å². The fourth-order valence-corrected chi connectivity index (χ4v) is 0.606. The van der Waals surface area contributed by atoms with E-state index < -0.39 is 13.3 Å². The van der Waals surface area contributed by atoms with E-state index in [0.29, 0.717) is 6.08 Å². The molecule has 0 aromatic heterocycles. The lowest BCUT2D eigenvalue weighted by Crippen LogP contribution is -1.85. The lowest BCUT2D eigenvalue weighted by molar-refractivity contribution is -0.131. The highest BCUT2D eigenvalue weighted by Crippen LogP contribution is 2.36. The smallest absolute Gasteiger partial charge is 0.328 e. The van der Waals surface area contributed by atoms with Gasteiger partial charge in [-0.25, -0.2) is 4.79 Å². The van der Waals surface area contributed by atoms with Gasteiger partial charge in [0.25, 0.3) is 0 Å². The highest BCUT2D eigenvalue weighted by Gasteiger charge is 2.02. The van der Waals surface area contributed by atoms with Crippen LogP contribution < -0.4 is 0 Å². The van der Waals surface area contributed by atoms with Crippen LogP contribution in [0.25, 0.3) is 0 Å². The summed E-state index contributed by atoms with van der Waals surface area (Å²) < 4.78 is 10.3. The zero-order valence-corrected chi connectivity index (χ0v) is 5.71. The molecule has 0 heterocycles. The Balaban J connectivity index is 4.02. The predicted molar refractivity (Wildman–Crippen MR) is 32.5 cm³/mol. The minimum absolute atomic E-state index is 0.654. The molecule has 2 N–H and O–H groups in total. The van der Waals surface area contributed by atoms with Gasteiger partial charge >= 0.3 is 5.97 Å². The molecule has 1 unspecified atom stereocenters. The molecular weight excluding hydrogens is 143 g/mol. The van der Waals surface area contributed by atoms with Gasteiger partial charge in [-0.05, 0) is 0 Å². The third-order valence-corrected chi connectivity index (χ3v) is 1.20. The molecule has 0 aliphatic carbocycles. The topological polar surface area (TPSA) is 74.6 Å². The zero-order chi connectivity index (χ0) is 7.49. The van der Waals surface area contributed by atoms with Crippen molar-refractivity contribution in [3.05, 3.63) is 11.9 Å². The second-order valence-electron chi connectivity index (χ2n) is 1.60. The Kier molecular flexibility index (Phi) is 2.62. The van der Waals surface area contributed by atoms with Gasteiger partial charge in [0, 0.05) is 18.6 Å². The van der Waals surface area contributed by atoms with Crippen molar-refractivity contribution in [1.82, 2.24) is 0 Å². The van der Waals surface area contributed by atoms with Crippen molar-refractivity contribution in [2.75, 3.05) is 6.66 Å². The quantitative estimate of drug-likeness (QED) is 0.443. The largest absolute Gasteiger partial charge is 0.478 e. The molecule has 0 amide bonds. The summed E-state index contributed by atoms with van der Waals surface area (Å²) in [7, 11) is -3.28. The van der Waals surface area contributed by atoms with Crippen LogP contribution in [0.3, 0.4) is 0 Å². The van der Waals surface area contributed by atoms with Gasteiger partial charge in [0.1, 0.15) is 0 Å². The molecule has 0 bridgehead atoms. The molecule has 0 radical (unpaired) electrons. The zero-order valence-electron chi connectivity index (χ0n) is 4.81. The van der Waals surface area contributed by atoms with Crippen LogP contribution in [0.2, 0.25) is 0 Å². The second kappa shape index (κ2) is 2.80. The van der Waals surface area contributed by atoms with E-state index in [1.54, 1.807) is 0 Å². The first kappa shape index (κ1) is 8.40. The molecule has 5 heteroatoms. The molecule has 0 saturated carbocycles. The number of hydrogen-bond acceptors (Lipinski definition) is 2. The van der Waals surface area contributed by atoms with Crippen molar-refractivity contribution in [2.45, 2.75) is 0 Å². The second-order valence-corrected chi connectivity index (χ2v) is 3.78. The van der Waals surface area contributed by atoms with Crippen LogP contribution in [0.5, 0.6) is 0 Å². The first-order valence-electron chi connectivity index (χ1n) is 2.14. The maximum atomic E-state index is 10.3. The van der Waals surface area contributed by atoms with Gasteiger partial charge in [0.15, 0.2) is 0 Å². The van der Waals surface area contributed by atoms with Gasteiger partial charge in [-0.15, -0.1) is 0 Å². The average Bonchev–Trinajstić information content (AvgIpc) is 1.59. The molecule has 0 aliphatic heterocycles. The van der Waals surface area contributed by atoms with E-state index >= 15 is 0 Å². The highest BCUT2D eigenvalue weighted by molar-refractivity contribution is 7.60. The minimum atomic E-state index is -3.28. The lowest BCUT2D eigenvalue weighted by atomic mass is 10.7. The Morgan fingerprint density at radius 2 is 2.11 bits per heavy atom. The summed E-state index contributed by atoms with van der Waals surface area (Å²) in [5.74, 6) is -0.443. The van der Waals surface area contributed by atoms with E-state index in [0.717, 1.165) is 12.5 Å². The van der Waals surface area contributed by atoms with E-state index in [9.17, 15) is 9.36 Å². The number of rotatable bonds is 2. The predicted octanol–water partition coefficient (Wildman–Crippen LogP) is 0.485. The number of carbonyl (C=O) groups is 1. The van der Waals surface area contributed by atoms with Gasteiger partial charge in [-0.3, -0.25) is 4.57 Å². The number of aliphatic carboxylic acids is 1. The van der Waals surface area contributed by atoms with Crippen LogP contribution in [-0.4, -0.2) is 22.6 Å². The number of hydrogen-bond donors (Lipinski definition) is 2. The van der Waals surface area contributed by atoms with Crippen molar-refractivity contribution < 1.29 is 19.4 Å². The van der Waals surface area contributed by atoms with Crippen molar-refractivity contribution in [3.63, 3.8) is 0 Å². The van der Waals surface area contributed by atoms with E-state index in [-0.39, 0.29) is 0 Å². The number of carboxylic acid groups (broad SMARTS) is 1. The fraction of sp³-hybridized carbons (Fsp3) is 0.250. The standard InChI is InChI=1S/C4H7O4P/c1-9(7,8)3-2-4(5)6/h2-3H,1H3,(H,5,6)(H,7,8)/b3-2+. The molecule has 4 nitrogen and oxygen atoms in total. The maximum absolute atomic E-state index is 10.3. The third kappa shape index (κ3) is 7.40. The lowest BCUT2D eigenvalue weighted by Gasteiger charge is -1.91. The van der Waals surface area contributed by atoms with E-state index in [1.807, 2.05) is 0 Å². The van der Waals surface area contributed by atoms with Crippen LogP contribution in [0.15, 0.2) is 11.9 Å². The molecular formula is C4H7O4P. The SMILES string of the molecule is CP(=O)(O)/C=C/C(=O)O. The van der Waals surface area contributed by atoms with Crippen molar-refractivity contribution in [3.8, 4) is 0 Å². The number of carboxylic acids is 1. The fourth-order valence-electron chi connectivity index (χ4n) is 0.202. The summed E-state index contributed by atoms with van der Waals surface area (Å²) in [6, 6.07) is 0. The van der Waals surface area contributed by atoms with Crippen LogP contribution >= 0.6 is 7.37 Å². The summed E-state index contributed by atoms with van der Waals surface area (Å²) in [5.41, 5.74) is 0. The van der Waals surface area contributed by atoms with E-state index in [2.05, 4.69) is 0 Å². The molecule has 1 atom stereocenters. The molecule has 0 aromatic rings. The Morgan fingerprint density at radius 1 is 1.67 bits per heavy atom. The van der Waals surface area contributed by atoms with Crippen molar-refractivity contribution in [1.29, 1.82) is 0 Å². The Morgan fingerprint density at radius 3 is 2.22 bits per heavy atom. The van der Waals surface area contributed by atoms with Gasteiger partial charge in [-0.2, -0.15) is 0 Å². The molecule has 0 aliphatic rings. The minimum Gasteiger partial charge on any atom is -0.478 e. The monoisotopic (exact) mass is 150 g/mol. The van der Waals surface area contributed by atoms with E-state index in [1.165, 1.54) is 0 Å². The summed E-state index contributed by atoms with van der Waals surface area (Å²) >= 11 is 0. The van der Waals surface area contributed by atoms with Crippen LogP contribution in [0, 0.1) is 0 Å². The van der Waals surface area contributed by atoms with Crippen molar-refractivity contribution >= 4 is 13.3 Å². The molecule has 0 saturated heterocycles. The van der Waals surface area contributed by atoms with Gasteiger partial charge in [-0.1, -0.05) is 0 Å². The highest BCUT2D eigenvalue weighted by atomic mass is 31.2. The van der Waals surface area contributed by atoms with E-state index in [4.69, 9.17) is 10.00 Å². The maximum Gasteiger partial charge on any atom is 0.328 e. The normalized spacial score (nSPS) is 17.6. The molecule has 52 valence electrons. The molecule has 0 rings (SSSR count). The van der Waals surface area contributed by atoms with Gasteiger partial charge in [0.05, 0.1) is 0 Å². The summed E-state index contributed by atoms with van der Waals surface area (Å²) in [6.07, 6.45) is 0.654. The first-order chi connectivity index (χ1) is 3.92. The molecule has 9 heavy (non-hydrogen) atoms. The summed E-state index contributed by atoms with van der Waals surface area (Å²) in [4.78, 5) is 18.2. The average molecular weight is 150 g/mol. The summed E-state index contributed by atoms with van der Waals surface area (Å²) in [5, 5.41) is 7.96. The van der Waals surface area contributed by atoms with Crippen molar-refractivity contribution in [2.24, 2.45) is 0 Å². The molecule has 0 aromatic carbocycles. The van der Waals surface area contributed by atoms with Crippen LogP contribution in [-0.2, 0) is 9.36 Å². The van der Waals surface area contributed by atoms with Gasteiger partial charge in [0.2, 0.25) is 7.37 Å². The Bertz CT molecular complexity index is 177. The first-order valence-corrected chi connectivity index (χ1v) is 4.31. The summed E-state index contributed by atoms with van der Waals surface area (Å²) in [6.45, 7) is 1.06. The van der Waals surface area contributed by atoms with Crippen LogP contribution in [0.1, 0.15) is 0 Å².